The largest absolute Gasteiger partial charge is 0.455 e. The van der Waals surface area contributed by atoms with Crippen molar-refractivity contribution in [1.29, 1.82) is 0 Å². The molecular weight excluding hydrogens is 1820 g/mol. The molecule has 0 saturated carbocycles. The molecule has 0 aliphatic heterocycles. The van der Waals surface area contributed by atoms with Gasteiger partial charge in [-0.25, -0.2) is 9.97 Å². The van der Waals surface area contributed by atoms with Crippen molar-refractivity contribution in [2.45, 2.75) is 0 Å². The summed E-state index contributed by atoms with van der Waals surface area (Å²) in [6.45, 7) is 0. The predicted octanol–water partition coefficient (Wildman–Crippen LogP) is 39.1. The van der Waals surface area contributed by atoms with Gasteiger partial charge in [-0.3, -0.25) is 4.57 Å². The summed E-state index contributed by atoms with van der Waals surface area (Å²) < 4.78 is 17.2. The quantitative estimate of drug-likeness (QED) is 0.109. The second kappa shape index (κ2) is 35.1. The molecule has 0 spiro atoms. The third-order valence-electron chi connectivity index (χ3n) is 29.7. The Bertz CT molecular complexity index is 10000. The van der Waals surface area contributed by atoms with E-state index < -0.39 is 0 Å². The van der Waals surface area contributed by atoms with Gasteiger partial charge in [0, 0.05) is 130 Å². The number of thiophene rings is 2. The summed E-state index contributed by atoms with van der Waals surface area (Å²) in [7, 11) is 0. The summed E-state index contributed by atoms with van der Waals surface area (Å²) >= 11 is 3.78. The van der Waals surface area contributed by atoms with Crippen molar-refractivity contribution in [3.63, 3.8) is 0 Å². The summed E-state index contributed by atoms with van der Waals surface area (Å²) in [6, 6.07) is 188. The van der Waals surface area contributed by atoms with Crippen LogP contribution in [-0.2, 0) is 0 Å². The SMILES string of the molecule is c1ccc(-c2ccc(N(c3ccccc3)c3ccc(-n4c(-c5ccccc5)c5c6c(cccc64)-c4cccc6sc7cccc-5c7c46)cc3)cc2)cc1.c1ccc(-c2nc3ccccc3nc2-n2c(-c3ccccc3)c3c4c(cccc42)-c2cccc4sc5cccc-3c5c24)cc1.c1ccc(N(c2ccccc2)c2ccc(-c3ccc(-c4oc5c6c(cc7ccccc75)-c5ccccc5-c5ccccc5-c46)cc3)cc2)cc1. The van der Waals surface area contributed by atoms with Crippen molar-refractivity contribution in [3.8, 4) is 157 Å². The Labute approximate surface area is 856 Å². The van der Waals surface area contributed by atoms with Crippen LogP contribution in [0.5, 0.6) is 0 Å². The molecule has 7 nitrogen and oxygen atoms in total. The number of benzene rings is 22. The van der Waals surface area contributed by atoms with E-state index in [2.05, 4.69) is 516 Å². The van der Waals surface area contributed by atoms with Gasteiger partial charge in [-0.15, -0.1) is 22.7 Å². The lowest BCUT2D eigenvalue weighted by atomic mass is 9.93. The molecule has 686 valence electrons. The Kier molecular flexibility index (Phi) is 20.3. The summed E-state index contributed by atoms with van der Waals surface area (Å²) in [5, 5.41) is 11.5. The maximum absolute atomic E-state index is 7.00. The maximum Gasteiger partial charge on any atom is 0.165 e. The predicted molar refractivity (Wildman–Crippen MR) is 620 cm³/mol. The molecular formula is C138H86N6OS2. The minimum Gasteiger partial charge on any atom is -0.455 e. The summed E-state index contributed by atoms with van der Waals surface area (Å²) in [4.78, 5) is 15.3. The number of fused-ring (bicyclic) bond motifs is 12. The highest BCUT2D eigenvalue weighted by atomic mass is 32.1. The number of nitrogens with zero attached hydrogens (tertiary/aromatic N) is 6. The second-order valence-corrected chi connectivity index (χ2v) is 40.1. The first-order valence-electron chi connectivity index (χ1n) is 50.1. The van der Waals surface area contributed by atoms with Crippen LogP contribution in [0.4, 0.5) is 34.1 Å². The number of hydrogen-bond acceptors (Lipinski definition) is 7. The highest BCUT2D eigenvalue weighted by Gasteiger charge is 2.36. The van der Waals surface area contributed by atoms with Crippen LogP contribution in [0.2, 0.25) is 0 Å². The van der Waals surface area contributed by atoms with Crippen LogP contribution in [0.1, 0.15) is 0 Å². The van der Waals surface area contributed by atoms with Crippen molar-refractivity contribution < 1.29 is 4.42 Å². The molecule has 31 rings (SSSR count). The minimum absolute atomic E-state index is 0.832. The van der Waals surface area contributed by atoms with E-state index in [1.165, 1.54) is 162 Å². The lowest BCUT2D eigenvalue weighted by molar-refractivity contribution is 0.636. The fourth-order valence-corrected chi connectivity index (χ4v) is 25.7. The monoisotopic (exact) mass is 1910 g/mol. The van der Waals surface area contributed by atoms with Gasteiger partial charge in [0.05, 0.1) is 33.5 Å². The van der Waals surface area contributed by atoms with E-state index in [4.69, 9.17) is 14.4 Å². The fourth-order valence-electron chi connectivity index (χ4n) is 23.3. The van der Waals surface area contributed by atoms with Crippen molar-refractivity contribution in [2.75, 3.05) is 9.80 Å². The molecule has 0 atom stereocenters. The molecule has 0 amide bonds. The molecule has 6 aromatic heterocycles. The number of para-hydroxylation sites is 5. The van der Waals surface area contributed by atoms with Crippen LogP contribution in [0.3, 0.4) is 0 Å². The van der Waals surface area contributed by atoms with Crippen LogP contribution in [0, 0.1) is 0 Å². The summed E-state index contributed by atoms with van der Waals surface area (Å²) in [6.07, 6.45) is 0. The molecule has 147 heavy (non-hydrogen) atoms. The average molecular weight is 1910 g/mol. The number of aromatic nitrogens is 4. The van der Waals surface area contributed by atoms with Crippen molar-refractivity contribution >= 4 is 152 Å². The lowest BCUT2D eigenvalue weighted by Crippen LogP contribution is -2.10. The summed E-state index contributed by atoms with van der Waals surface area (Å²) in [5.74, 6) is 1.74. The number of hydrogen-bond donors (Lipinski definition) is 0. The van der Waals surface area contributed by atoms with E-state index in [-0.39, 0.29) is 0 Å². The standard InChI is InChI=1S/C50H32N2S.C48H31NO.C40H23N3S/c1-4-13-33(14-5-1)34-25-27-37(28-26-34)51(36-17-8-3-9-18-36)38-29-31-39(32-30-38)52-43-22-10-19-40-41-20-11-23-44-47(41)48-42(21-12-24-45(48)53-44)49(46(40)43)50(52)35-15-6-2-7-16-35;1-3-14-36(15-4-1)49(37-16-5-2-6-17-37)38-29-27-33(28-30-38)32-23-25-34(26-24-32)47-45-43-22-12-11-20-41(43)40-19-9-10-21-42(40)44-31-35-13-7-8-18-39(35)48(50-47)46(44)45;1-3-12-24(13-4-1)38-40(42-30-20-8-7-19-29(30)41-38)43-31-21-9-16-26-27-17-10-22-32-35(27)36-28(18-11-23-33(36)44-32)37(34(26)31)39(43)25-14-5-2-6-15-25/h1-32H;1-31H;1-23H. The molecule has 3 aliphatic rings. The Morgan fingerprint density at radius 3 is 1.02 bits per heavy atom. The molecule has 28 aromatic rings. The van der Waals surface area contributed by atoms with E-state index in [1.807, 2.05) is 46.9 Å². The molecule has 9 heteroatoms. The van der Waals surface area contributed by atoms with Crippen LogP contribution < -0.4 is 9.80 Å². The summed E-state index contributed by atoms with van der Waals surface area (Å²) in [5.41, 5.74) is 42.8. The smallest absolute Gasteiger partial charge is 0.165 e. The van der Waals surface area contributed by atoms with Gasteiger partial charge in [0.25, 0.3) is 0 Å². The molecule has 3 aliphatic carbocycles. The van der Waals surface area contributed by atoms with E-state index in [1.54, 1.807) is 0 Å². The van der Waals surface area contributed by atoms with Gasteiger partial charge in [-0.2, -0.15) is 0 Å². The molecule has 0 bridgehead atoms. The van der Waals surface area contributed by atoms with Crippen molar-refractivity contribution in [3.05, 3.63) is 522 Å². The molecule has 0 fully saturated rings. The Morgan fingerprint density at radius 2 is 0.537 bits per heavy atom. The lowest BCUT2D eigenvalue weighted by Gasteiger charge is -2.26. The van der Waals surface area contributed by atoms with Crippen molar-refractivity contribution in [1.82, 2.24) is 19.1 Å². The van der Waals surface area contributed by atoms with Gasteiger partial charge in [-0.05, 0) is 239 Å². The third-order valence-corrected chi connectivity index (χ3v) is 31.9. The molecule has 22 aromatic carbocycles. The van der Waals surface area contributed by atoms with Gasteiger partial charge in [0.15, 0.2) is 5.82 Å². The van der Waals surface area contributed by atoms with Gasteiger partial charge in [0.2, 0.25) is 0 Å². The highest BCUT2D eigenvalue weighted by Crippen LogP contribution is 2.60. The minimum atomic E-state index is 0.832. The first-order valence-corrected chi connectivity index (χ1v) is 51.7. The Morgan fingerprint density at radius 1 is 0.211 bits per heavy atom. The number of furan rings is 1. The third kappa shape index (κ3) is 14.0. The van der Waals surface area contributed by atoms with Gasteiger partial charge >= 0.3 is 0 Å². The Hall–Kier alpha value is -18.9. The van der Waals surface area contributed by atoms with Crippen LogP contribution >= 0.6 is 22.7 Å². The Balaban J connectivity index is 0.000000105. The second-order valence-electron chi connectivity index (χ2n) is 37.9. The van der Waals surface area contributed by atoms with Gasteiger partial charge in [0.1, 0.15) is 17.0 Å². The molecule has 0 radical (unpaired) electrons. The van der Waals surface area contributed by atoms with Crippen LogP contribution in [-0.4, -0.2) is 19.1 Å². The van der Waals surface area contributed by atoms with Crippen LogP contribution in [0.15, 0.2) is 526 Å². The zero-order valence-corrected chi connectivity index (χ0v) is 81.2. The normalized spacial score (nSPS) is 11.8. The van der Waals surface area contributed by atoms with E-state index >= 15 is 0 Å². The molecule has 0 unspecified atom stereocenters. The maximum atomic E-state index is 7.00. The first-order chi connectivity index (χ1) is 73.0. The van der Waals surface area contributed by atoms with E-state index in [0.29, 0.717) is 0 Å². The van der Waals surface area contributed by atoms with Gasteiger partial charge < -0.3 is 18.8 Å². The van der Waals surface area contributed by atoms with Crippen molar-refractivity contribution in [2.24, 2.45) is 0 Å². The molecule has 0 saturated heterocycles. The zero-order valence-electron chi connectivity index (χ0n) is 79.6. The number of rotatable bonds is 14. The highest BCUT2D eigenvalue weighted by molar-refractivity contribution is 7.26. The van der Waals surface area contributed by atoms with E-state index in [9.17, 15) is 0 Å². The van der Waals surface area contributed by atoms with Crippen LogP contribution in [0.25, 0.3) is 252 Å². The fraction of sp³-hybridized carbons (Fsp3) is 0. The number of anilines is 6. The molecule has 6 heterocycles. The van der Waals surface area contributed by atoms with E-state index in [0.717, 1.165) is 124 Å². The van der Waals surface area contributed by atoms with Gasteiger partial charge in [-0.1, -0.05) is 382 Å². The zero-order chi connectivity index (χ0) is 96.7. The first kappa shape index (κ1) is 84.9. The molecule has 0 N–H and O–H groups in total. The average Bonchev–Trinajstić information content (AvgIpc) is 1.56. The topological polar surface area (TPSA) is 55.3 Å².